The van der Waals surface area contributed by atoms with Crippen molar-refractivity contribution in [3.63, 3.8) is 0 Å². The molecule has 10 heavy (non-hydrogen) atoms. The molecule has 0 aromatic rings. The molecule has 2 fully saturated rings. The van der Waals surface area contributed by atoms with E-state index in [1.54, 1.807) is 0 Å². The summed E-state index contributed by atoms with van der Waals surface area (Å²) in [5, 5.41) is 3.61. The minimum absolute atomic E-state index is 0.620. The summed E-state index contributed by atoms with van der Waals surface area (Å²) in [6, 6.07) is 0.841. The average molecular weight is 139 g/mol. The van der Waals surface area contributed by atoms with E-state index < -0.39 is 0 Å². The van der Waals surface area contributed by atoms with Crippen molar-refractivity contribution in [2.45, 2.75) is 39.2 Å². The number of hydrogen-bond acceptors (Lipinski definition) is 1. The molecule has 2 saturated carbocycles. The summed E-state index contributed by atoms with van der Waals surface area (Å²) in [6.45, 7) is 5.98. The molecule has 0 radical (unpaired) electrons. The first kappa shape index (κ1) is 6.66. The Bertz CT molecular complexity index is 136. The zero-order valence-corrected chi connectivity index (χ0v) is 6.98. The Morgan fingerprint density at radius 2 is 2.00 bits per heavy atom. The normalized spacial score (nSPS) is 36.0. The van der Waals surface area contributed by atoms with Gasteiger partial charge < -0.3 is 5.32 Å². The first-order valence-corrected chi connectivity index (χ1v) is 4.42. The zero-order chi connectivity index (χ0) is 7.19. The van der Waals surface area contributed by atoms with Crippen molar-refractivity contribution in [2.75, 3.05) is 6.54 Å². The van der Waals surface area contributed by atoms with Crippen LogP contribution in [0.2, 0.25) is 0 Å². The van der Waals surface area contributed by atoms with Gasteiger partial charge in [-0.05, 0) is 37.1 Å². The molecular formula is C9H17N. The Hall–Kier alpha value is -0.0400. The van der Waals surface area contributed by atoms with E-state index >= 15 is 0 Å². The second-order valence-electron chi connectivity index (χ2n) is 4.60. The molecule has 2 aliphatic rings. The van der Waals surface area contributed by atoms with E-state index in [2.05, 4.69) is 19.2 Å². The van der Waals surface area contributed by atoms with E-state index in [0.29, 0.717) is 5.41 Å². The van der Waals surface area contributed by atoms with Crippen LogP contribution in [0.15, 0.2) is 0 Å². The molecule has 0 bridgehead atoms. The summed E-state index contributed by atoms with van der Waals surface area (Å²) in [4.78, 5) is 0. The molecule has 2 aliphatic carbocycles. The van der Waals surface area contributed by atoms with Crippen molar-refractivity contribution in [2.24, 2.45) is 11.3 Å². The van der Waals surface area contributed by atoms with Crippen LogP contribution in [0.4, 0.5) is 0 Å². The molecule has 0 aliphatic heterocycles. The van der Waals surface area contributed by atoms with Gasteiger partial charge in [-0.3, -0.25) is 0 Å². The summed E-state index contributed by atoms with van der Waals surface area (Å²) >= 11 is 0. The molecule has 1 heteroatoms. The van der Waals surface area contributed by atoms with Crippen LogP contribution < -0.4 is 5.32 Å². The Kier molecular flexibility index (Phi) is 1.31. The molecule has 0 saturated heterocycles. The first-order chi connectivity index (χ1) is 4.68. The van der Waals surface area contributed by atoms with Gasteiger partial charge in [0, 0.05) is 6.04 Å². The maximum absolute atomic E-state index is 3.61. The number of nitrogens with one attached hydrogen (secondary N) is 1. The fraction of sp³-hybridized carbons (Fsp3) is 1.00. The molecule has 0 aromatic carbocycles. The average Bonchev–Trinajstić information content (AvgIpc) is 2.65. The van der Waals surface area contributed by atoms with Gasteiger partial charge >= 0.3 is 0 Å². The van der Waals surface area contributed by atoms with Crippen LogP contribution in [0.25, 0.3) is 0 Å². The lowest BCUT2D eigenvalue weighted by atomic mass is 10.2. The van der Waals surface area contributed by atoms with Crippen molar-refractivity contribution in [1.82, 2.24) is 5.32 Å². The third-order valence-electron chi connectivity index (χ3n) is 2.86. The molecule has 1 nitrogen and oxygen atoms in total. The summed E-state index contributed by atoms with van der Waals surface area (Å²) < 4.78 is 0. The Morgan fingerprint density at radius 3 is 2.40 bits per heavy atom. The molecular weight excluding hydrogens is 122 g/mol. The zero-order valence-electron chi connectivity index (χ0n) is 6.98. The van der Waals surface area contributed by atoms with Crippen molar-refractivity contribution in [3.05, 3.63) is 0 Å². The topological polar surface area (TPSA) is 12.0 Å². The van der Waals surface area contributed by atoms with Crippen molar-refractivity contribution in [3.8, 4) is 0 Å². The predicted molar refractivity (Wildman–Crippen MR) is 42.9 cm³/mol. The van der Waals surface area contributed by atoms with Gasteiger partial charge in [-0.25, -0.2) is 0 Å². The monoisotopic (exact) mass is 139 g/mol. The van der Waals surface area contributed by atoms with E-state index in [9.17, 15) is 0 Å². The number of rotatable bonds is 3. The van der Waals surface area contributed by atoms with Crippen molar-refractivity contribution >= 4 is 0 Å². The van der Waals surface area contributed by atoms with Gasteiger partial charge in [-0.2, -0.15) is 0 Å². The van der Waals surface area contributed by atoms with Gasteiger partial charge in [0.05, 0.1) is 0 Å². The highest BCUT2D eigenvalue weighted by atomic mass is 15.0. The predicted octanol–water partition coefficient (Wildman–Crippen LogP) is 1.78. The lowest BCUT2D eigenvalue weighted by molar-refractivity contribution is 0.529. The van der Waals surface area contributed by atoms with E-state index in [0.717, 1.165) is 12.0 Å². The highest BCUT2D eigenvalue weighted by Crippen LogP contribution is 2.45. The second-order valence-corrected chi connectivity index (χ2v) is 4.60. The van der Waals surface area contributed by atoms with Crippen LogP contribution in [0.3, 0.4) is 0 Å². The quantitative estimate of drug-likeness (QED) is 0.628. The van der Waals surface area contributed by atoms with Crippen LogP contribution in [0.5, 0.6) is 0 Å². The van der Waals surface area contributed by atoms with Gasteiger partial charge in [0.2, 0.25) is 0 Å². The van der Waals surface area contributed by atoms with Gasteiger partial charge in [0.15, 0.2) is 0 Å². The smallest absolute Gasteiger partial charge is 0.0125 e. The van der Waals surface area contributed by atoms with Crippen LogP contribution in [0, 0.1) is 11.3 Å². The molecule has 2 rings (SSSR count). The fourth-order valence-corrected chi connectivity index (χ4v) is 1.45. The molecule has 0 spiro atoms. The minimum Gasteiger partial charge on any atom is -0.313 e. The van der Waals surface area contributed by atoms with Crippen LogP contribution >= 0.6 is 0 Å². The Labute approximate surface area is 63.2 Å². The standard InChI is InChI=1S/C9H17N/c1-9(2)5-8(9)10-6-7-3-4-7/h7-8,10H,3-6H2,1-2H3. The third kappa shape index (κ3) is 1.34. The van der Waals surface area contributed by atoms with E-state index in [1.165, 1.54) is 25.8 Å². The largest absolute Gasteiger partial charge is 0.313 e. The van der Waals surface area contributed by atoms with E-state index in [-0.39, 0.29) is 0 Å². The second kappa shape index (κ2) is 1.97. The SMILES string of the molecule is CC1(C)CC1NCC1CC1. The summed E-state index contributed by atoms with van der Waals surface area (Å²) in [7, 11) is 0. The van der Waals surface area contributed by atoms with Gasteiger partial charge in [-0.15, -0.1) is 0 Å². The lowest BCUT2D eigenvalue weighted by Crippen LogP contribution is -2.22. The maximum atomic E-state index is 3.61. The Balaban J connectivity index is 1.64. The van der Waals surface area contributed by atoms with Gasteiger partial charge in [0.25, 0.3) is 0 Å². The van der Waals surface area contributed by atoms with Crippen molar-refractivity contribution in [1.29, 1.82) is 0 Å². The highest BCUT2D eigenvalue weighted by molar-refractivity contribution is 5.01. The fourth-order valence-electron chi connectivity index (χ4n) is 1.45. The molecule has 1 atom stereocenters. The molecule has 0 aromatic heterocycles. The lowest BCUT2D eigenvalue weighted by Gasteiger charge is -2.04. The molecule has 1 N–H and O–H groups in total. The van der Waals surface area contributed by atoms with Crippen LogP contribution in [-0.2, 0) is 0 Å². The number of hydrogen-bond donors (Lipinski definition) is 1. The van der Waals surface area contributed by atoms with E-state index in [1.807, 2.05) is 0 Å². The minimum atomic E-state index is 0.620. The van der Waals surface area contributed by atoms with Crippen molar-refractivity contribution < 1.29 is 0 Å². The molecule has 1 unspecified atom stereocenters. The highest BCUT2D eigenvalue weighted by Gasteiger charge is 2.45. The van der Waals surface area contributed by atoms with E-state index in [4.69, 9.17) is 0 Å². The maximum Gasteiger partial charge on any atom is 0.0125 e. The molecule has 58 valence electrons. The van der Waals surface area contributed by atoms with Gasteiger partial charge in [0.1, 0.15) is 0 Å². The third-order valence-corrected chi connectivity index (χ3v) is 2.86. The van der Waals surface area contributed by atoms with Crippen LogP contribution in [-0.4, -0.2) is 12.6 Å². The van der Waals surface area contributed by atoms with Crippen LogP contribution in [0.1, 0.15) is 33.1 Å². The molecule has 0 heterocycles. The van der Waals surface area contributed by atoms with Gasteiger partial charge in [-0.1, -0.05) is 13.8 Å². The first-order valence-electron chi connectivity index (χ1n) is 4.42. The summed E-state index contributed by atoms with van der Waals surface area (Å²) in [5.74, 6) is 1.04. The Morgan fingerprint density at radius 1 is 1.40 bits per heavy atom. The molecule has 0 amide bonds. The summed E-state index contributed by atoms with van der Waals surface area (Å²) in [5.41, 5.74) is 0.620. The summed E-state index contributed by atoms with van der Waals surface area (Å²) in [6.07, 6.45) is 4.33.